The highest BCUT2D eigenvalue weighted by atomic mass is 32.2. The zero-order valence-corrected chi connectivity index (χ0v) is 9.94. The smallest absolute Gasteiger partial charge is 0.0567 e. The maximum absolute atomic E-state index is 3.61. The molecule has 0 amide bonds. The van der Waals surface area contributed by atoms with Crippen LogP contribution in [0.2, 0.25) is 0 Å². The molecule has 2 atom stereocenters. The van der Waals surface area contributed by atoms with Gasteiger partial charge in [-0.15, -0.1) is 11.8 Å². The average Bonchev–Trinajstić information content (AvgIpc) is 2.64. The van der Waals surface area contributed by atoms with Gasteiger partial charge in [-0.2, -0.15) is 0 Å². The molecule has 1 fully saturated rings. The topological polar surface area (TPSA) is 12.0 Å². The van der Waals surface area contributed by atoms with Crippen LogP contribution in [0.3, 0.4) is 0 Å². The fourth-order valence-corrected chi connectivity index (χ4v) is 4.81. The SMILES string of the molecule is CNC12CCCCC1Sc1ccccc12. The van der Waals surface area contributed by atoms with Crippen molar-refractivity contribution >= 4 is 11.8 Å². The summed E-state index contributed by atoms with van der Waals surface area (Å²) in [6, 6.07) is 8.92. The molecule has 0 bridgehead atoms. The van der Waals surface area contributed by atoms with Crippen molar-refractivity contribution in [3.05, 3.63) is 29.8 Å². The number of nitrogens with one attached hydrogen (secondary N) is 1. The van der Waals surface area contributed by atoms with E-state index in [1.54, 1.807) is 5.56 Å². The van der Waals surface area contributed by atoms with Crippen LogP contribution in [0.15, 0.2) is 29.2 Å². The summed E-state index contributed by atoms with van der Waals surface area (Å²) in [5, 5.41) is 4.37. The number of thioether (sulfide) groups is 1. The molecule has 80 valence electrons. The van der Waals surface area contributed by atoms with Crippen LogP contribution in [-0.4, -0.2) is 12.3 Å². The van der Waals surface area contributed by atoms with E-state index >= 15 is 0 Å². The Morgan fingerprint density at radius 3 is 3.07 bits per heavy atom. The Balaban J connectivity index is 2.11. The number of hydrogen-bond donors (Lipinski definition) is 1. The zero-order valence-electron chi connectivity index (χ0n) is 9.12. The van der Waals surface area contributed by atoms with Crippen molar-refractivity contribution in [3.8, 4) is 0 Å². The van der Waals surface area contributed by atoms with Gasteiger partial charge in [-0.1, -0.05) is 31.0 Å². The van der Waals surface area contributed by atoms with Crippen molar-refractivity contribution in [2.75, 3.05) is 7.05 Å². The summed E-state index contributed by atoms with van der Waals surface area (Å²) in [5.74, 6) is 0. The van der Waals surface area contributed by atoms with Crippen LogP contribution < -0.4 is 5.32 Å². The van der Waals surface area contributed by atoms with Crippen molar-refractivity contribution in [2.45, 2.75) is 41.4 Å². The Morgan fingerprint density at radius 1 is 1.33 bits per heavy atom. The van der Waals surface area contributed by atoms with Crippen LogP contribution in [0.5, 0.6) is 0 Å². The molecule has 2 aliphatic rings. The van der Waals surface area contributed by atoms with Gasteiger partial charge < -0.3 is 5.32 Å². The lowest BCUT2D eigenvalue weighted by molar-refractivity contribution is 0.265. The summed E-state index contributed by atoms with van der Waals surface area (Å²) in [6.07, 6.45) is 5.43. The highest BCUT2D eigenvalue weighted by Crippen LogP contribution is 2.54. The molecule has 0 saturated heterocycles. The van der Waals surface area contributed by atoms with Gasteiger partial charge in [0.1, 0.15) is 0 Å². The minimum Gasteiger partial charge on any atom is -0.309 e. The lowest BCUT2D eigenvalue weighted by Gasteiger charge is -2.39. The van der Waals surface area contributed by atoms with Crippen molar-refractivity contribution in [1.29, 1.82) is 0 Å². The normalized spacial score (nSPS) is 33.5. The third-order valence-electron chi connectivity index (χ3n) is 3.92. The molecule has 1 N–H and O–H groups in total. The molecule has 1 aliphatic carbocycles. The third-order valence-corrected chi connectivity index (χ3v) is 5.45. The summed E-state index contributed by atoms with van der Waals surface area (Å²) < 4.78 is 0. The van der Waals surface area contributed by atoms with Crippen molar-refractivity contribution in [2.24, 2.45) is 0 Å². The predicted molar refractivity (Wildman–Crippen MR) is 65.3 cm³/mol. The van der Waals surface area contributed by atoms with Gasteiger partial charge in [-0.3, -0.25) is 0 Å². The summed E-state index contributed by atoms with van der Waals surface area (Å²) in [5.41, 5.74) is 1.82. The molecule has 1 aromatic carbocycles. The molecule has 2 heteroatoms. The minimum atomic E-state index is 0.277. The standard InChI is InChI=1S/C13H17NS/c1-14-13-9-5-4-8-12(13)15-11-7-3-2-6-10(11)13/h2-3,6-7,12,14H,4-5,8-9H2,1H3. The van der Waals surface area contributed by atoms with E-state index in [1.807, 2.05) is 0 Å². The molecule has 1 aromatic rings. The highest BCUT2D eigenvalue weighted by Gasteiger charge is 2.47. The number of fused-ring (bicyclic) bond motifs is 3. The number of rotatable bonds is 1. The predicted octanol–water partition coefficient (Wildman–Crippen LogP) is 3.15. The second kappa shape index (κ2) is 3.53. The van der Waals surface area contributed by atoms with Gasteiger partial charge in [-0.25, -0.2) is 0 Å². The molecular formula is C13H17NS. The third kappa shape index (κ3) is 1.28. The minimum absolute atomic E-state index is 0.277. The maximum atomic E-state index is 3.61. The second-order valence-corrected chi connectivity index (χ2v) is 5.81. The number of hydrogen-bond acceptors (Lipinski definition) is 2. The first-order chi connectivity index (χ1) is 7.37. The molecular weight excluding hydrogens is 202 g/mol. The van der Waals surface area contributed by atoms with Gasteiger partial charge in [0.2, 0.25) is 0 Å². The van der Waals surface area contributed by atoms with Crippen LogP contribution in [0.25, 0.3) is 0 Å². The van der Waals surface area contributed by atoms with E-state index in [0.29, 0.717) is 0 Å². The van der Waals surface area contributed by atoms with Gasteiger partial charge in [0.15, 0.2) is 0 Å². The summed E-state index contributed by atoms with van der Waals surface area (Å²) in [7, 11) is 2.13. The molecule has 3 rings (SSSR count). The van der Waals surface area contributed by atoms with E-state index in [2.05, 4.69) is 48.4 Å². The first-order valence-electron chi connectivity index (χ1n) is 5.82. The lowest BCUT2D eigenvalue weighted by atomic mass is 9.76. The summed E-state index contributed by atoms with van der Waals surface area (Å²) in [6.45, 7) is 0. The van der Waals surface area contributed by atoms with Crippen molar-refractivity contribution in [1.82, 2.24) is 5.32 Å². The lowest BCUT2D eigenvalue weighted by Crippen LogP contribution is -2.47. The Morgan fingerprint density at radius 2 is 2.20 bits per heavy atom. The first-order valence-corrected chi connectivity index (χ1v) is 6.70. The molecule has 2 unspecified atom stereocenters. The Kier molecular flexibility index (Phi) is 2.29. The van der Waals surface area contributed by atoms with Crippen molar-refractivity contribution in [3.63, 3.8) is 0 Å². The van der Waals surface area contributed by atoms with E-state index in [9.17, 15) is 0 Å². The monoisotopic (exact) mass is 219 g/mol. The van der Waals surface area contributed by atoms with Crippen molar-refractivity contribution < 1.29 is 0 Å². The molecule has 0 aromatic heterocycles. The summed E-state index contributed by atoms with van der Waals surface area (Å²) in [4.78, 5) is 1.50. The van der Waals surface area contributed by atoms with E-state index in [0.717, 1.165) is 5.25 Å². The van der Waals surface area contributed by atoms with Crippen LogP contribution >= 0.6 is 11.8 Å². The second-order valence-electron chi connectivity index (χ2n) is 4.57. The van der Waals surface area contributed by atoms with Gasteiger partial charge in [-0.05, 0) is 31.5 Å². The molecule has 1 nitrogen and oxygen atoms in total. The molecule has 1 saturated carbocycles. The Hall–Kier alpha value is -0.470. The Bertz CT molecular complexity index is 377. The molecule has 0 radical (unpaired) electrons. The van der Waals surface area contributed by atoms with Gasteiger partial charge in [0.05, 0.1) is 5.54 Å². The quantitative estimate of drug-likeness (QED) is 0.778. The van der Waals surface area contributed by atoms with Crippen LogP contribution in [-0.2, 0) is 5.54 Å². The van der Waals surface area contributed by atoms with Gasteiger partial charge >= 0.3 is 0 Å². The highest BCUT2D eigenvalue weighted by molar-refractivity contribution is 8.00. The fraction of sp³-hybridized carbons (Fsp3) is 0.538. The van der Waals surface area contributed by atoms with E-state index in [1.165, 1.54) is 30.6 Å². The van der Waals surface area contributed by atoms with Crippen LogP contribution in [0, 0.1) is 0 Å². The maximum Gasteiger partial charge on any atom is 0.0567 e. The molecule has 1 aliphatic heterocycles. The molecule has 1 heterocycles. The fourth-order valence-electron chi connectivity index (χ4n) is 3.12. The molecule has 0 spiro atoms. The Labute approximate surface area is 95.6 Å². The van der Waals surface area contributed by atoms with Gasteiger partial charge in [0.25, 0.3) is 0 Å². The summed E-state index contributed by atoms with van der Waals surface area (Å²) >= 11 is 2.08. The van der Waals surface area contributed by atoms with Crippen LogP contribution in [0.4, 0.5) is 0 Å². The van der Waals surface area contributed by atoms with E-state index in [-0.39, 0.29) is 5.54 Å². The van der Waals surface area contributed by atoms with Crippen LogP contribution in [0.1, 0.15) is 31.2 Å². The number of benzene rings is 1. The van der Waals surface area contributed by atoms with Gasteiger partial charge in [0, 0.05) is 10.1 Å². The first kappa shape index (κ1) is 9.73. The van der Waals surface area contributed by atoms with E-state index in [4.69, 9.17) is 0 Å². The molecule has 15 heavy (non-hydrogen) atoms. The average molecular weight is 219 g/mol. The zero-order chi connectivity index (χ0) is 10.3. The van der Waals surface area contributed by atoms with E-state index < -0.39 is 0 Å². The largest absolute Gasteiger partial charge is 0.309 e.